The average molecular weight is 191 g/mol. The van der Waals surface area contributed by atoms with E-state index >= 15 is 0 Å². The average Bonchev–Trinajstić information content (AvgIpc) is 2.03. The number of hydrogen-bond acceptors (Lipinski definition) is 4. The van der Waals surface area contributed by atoms with E-state index in [2.05, 4.69) is 10.1 Å². The van der Waals surface area contributed by atoms with Crippen molar-refractivity contribution in [2.24, 2.45) is 0 Å². The minimum atomic E-state index is -1.12. The van der Waals surface area contributed by atoms with E-state index in [1.54, 1.807) is 6.92 Å². The molecule has 0 aliphatic rings. The molecule has 0 rings (SSSR count). The lowest BCUT2D eigenvalue weighted by Crippen LogP contribution is -2.37. The first-order valence-corrected chi connectivity index (χ1v) is 3.76. The van der Waals surface area contributed by atoms with Crippen LogP contribution in [0.2, 0.25) is 0 Å². The maximum atomic E-state index is 10.9. The predicted molar refractivity (Wildman–Crippen MR) is 43.1 cm³/mol. The maximum absolute atomic E-state index is 10.9. The molecular formula is C7H13NO5. The molecule has 1 amide bonds. The number of rotatable bonds is 6. The monoisotopic (exact) mass is 191 g/mol. The van der Waals surface area contributed by atoms with Gasteiger partial charge in [-0.05, 0) is 6.92 Å². The van der Waals surface area contributed by atoms with Crippen LogP contribution in [0.25, 0.3) is 0 Å². The summed E-state index contributed by atoms with van der Waals surface area (Å²) in [4.78, 5) is 20.8. The van der Waals surface area contributed by atoms with Crippen LogP contribution in [0.5, 0.6) is 0 Å². The fourth-order valence-electron chi connectivity index (χ4n) is 0.593. The van der Waals surface area contributed by atoms with Crippen molar-refractivity contribution in [3.05, 3.63) is 0 Å². The summed E-state index contributed by atoms with van der Waals surface area (Å²) in [6.45, 7) is 0.650. The van der Waals surface area contributed by atoms with E-state index in [1.807, 2.05) is 0 Å². The van der Waals surface area contributed by atoms with Gasteiger partial charge in [0.1, 0.15) is 13.2 Å². The lowest BCUT2D eigenvalue weighted by Gasteiger charge is -2.09. The molecule has 76 valence electrons. The number of carbonyl (C=O) groups excluding carboxylic acids is 1. The van der Waals surface area contributed by atoms with Crippen LogP contribution in [0.1, 0.15) is 6.92 Å². The third-order valence-corrected chi connectivity index (χ3v) is 1.14. The molecule has 0 spiro atoms. The Kier molecular flexibility index (Phi) is 5.82. The molecule has 3 N–H and O–H groups in total. The summed E-state index contributed by atoms with van der Waals surface area (Å²) in [5.74, 6) is -1.56. The normalized spacial score (nSPS) is 12.2. The van der Waals surface area contributed by atoms with Gasteiger partial charge in [0.25, 0.3) is 0 Å². The first-order valence-electron chi connectivity index (χ1n) is 3.76. The highest BCUT2D eigenvalue weighted by Gasteiger charge is 2.06. The third kappa shape index (κ3) is 7.23. The molecular weight excluding hydrogens is 178 g/mol. The summed E-state index contributed by atoms with van der Waals surface area (Å²) >= 11 is 0. The van der Waals surface area contributed by atoms with Crippen molar-refractivity contribution in [1.82, 2.24) is 5.32 Å². The molecule has 0 fully saturated rings. The molecule has 1 atom stereocenters. The van der Waals surface area contributed by atoms with Crippen LogP contribution in [0.3, 0.4) is 0 Å². The number of carboxylic acids is 1. The number of amides is 1. The second-order valence-corrected chi connectivity index (χ2v) is 2.54. The van der Waals surface area contributed by atoms with E-state index in [0.29, 0.717) is 0 Å². The summed E-state index contributed by atoms with van der Waals surface area (Å²) < 4.78 is 4.51. The molecule has 0 aliphatic heterocycles. The van der Waals surface area contributed by atoms with Crippen LogP contribution >= 0.6 is 0 Å². The smallest absolute Gasteiger partial charge is 0.329 e. The number of aliphatic carboxylic acids is 1. The highest BCUT2D eigenvalue weighted by molar-refractivity contribution is 5.78. The van der Waals surface area contributed by atoms with Gasteiger partial charge in [0, 0.05) is 6.04 Å². The standard InChI is InChI=1S/C7H13NO5/c1-5(2-9)8-6(10)3-13-4-7(11)12/h5,9H,2-4H2,1H3,(H,8,10)(H,11,12)/t5-/m1/s1. The quantitative estimate of drug-likeness (QED) is 0.479. The Hall–Kier alpha value is -1.14. The van der Waals surface area contributed by atoms with Gasteiger partial charge < -0.3 is 20.3 Å². The lowest BCUT2D eigenvalue weighted by molar-refractivity contribution is -0.143. The van der Waals surface area contributed by atoms with Gasteiger partial charge in [0.05, 0.1) is 6.61 Å². The van der Waals surface area contributed by atoms with E-state index in [9.17, 15) is 9.59 Å². The molecule has 13 heavy (non-hydrogen) atoms. The Morgan fingerprint density at radius 2 is 2.08 bits per heavy atom. The number of aliphatic hydroxyl groups excluding tert-OH is 1. The molecule has 0 saturated heterocycles. The maximum Gasteiger partial charge on any atom is 0.329 e. The Labute approximate surface area is 75.5 Å². The summed E-state index contributed by atoms with van der Waals surface area (Å²) in [5, 5.41) is 19.1. The second-order valence-electron chi connectivity index (χ2n) is 2.54. The minimum Gasteiger partial charge on any atom is -0.480 e. The Morgan fingerprint density at radius 3 is 2.54 bits per heavy atom. The van der Waals surface area contributed by atoms with Crippen LogP contribution < -0.4 is 5.32 Å². The van der Waals surface area contributed by atoms with Crippen molar-refractivity contribution in [1.29, 1.82) is 0 Å². The topological polar surface area (TPSA) is 95.9 Å². The molecule has 0 aromatic heterocycles. The SMILES string of the molecule is C[C@H](CO)NC(=O)COCC(=O)O. The van der Waals surface area contributed by atoms with E-state index in [-0.39, 0.29) is 19.3 Å². The van der Waals surface area contributed by atoms with Crippen molar-refractivity contribution >= 4 is 11.9 Å². The lowest BCUT2D eigenvalue weighted by atomic mass is 10.3. The predicted octanol–water partition coefficient (Wildman–Crippen LogP) is -1.42. The summed E-state index contributed by atoms with van der Waals surface area (Å²) in [6.07, 6.45) is 0. The van der Waals surface area contributed by atoms with E-state index in [4.69, 9.17) is 10.2 Å². The van der Waals surface area contributed by atoms with Crippen LogP contribution in [0, 0.1) is 0 Å². The molecule has 0 unspecified atom stereocenters. The number of carboxylic acid groups (broad SMARTS) is 1. The zero-order chi connectivity index (χ0) is 10.3. The van der Waals surface area contributed by atoms with Gasteiger partial charge in [-0.15, -0.1) is 0 Å². The minimum absolute atomic E-state index is 0.162. The van der Waals surface area contributed by atoms with Gasteiger partial charge >= 0.3 is 5.97 Å². The van der Waals surface area contributed by atoms with E-state index in [1.165, 1.54) is 0 Å². The molecule has 0 radical (unpaired) electrons. The van der Waals surface area contributed by atoms with Crippen molar-refractivity contribution in [3.8, 4) is 0 Å². The summed E-state index contributed by atoms with van der Waals surface area (Å²) in [7, 11) is 0. The van der Waals surface area contributed by atoms with E-state index in [0.717, 1.165) is 0 Å². The highest BCUT2D eigenvalue weighted by atomic mass is 16.5. The zero-order valence-electron chi connectivity index (χ0n) is 7.32. The van der Waals surface area contributed by atoms with Gasteiger partial charge in [-0.3, -0.25) is 4.79 Å². The highest BCUT2D eigenvalue weighted by Crippen LogP contribution is 1.80. The molecule has 0 bridgehead atoms. The number of nitrogens with one attached hydrogen (secondary N) is 1. The van der Waals surface area contributed by atoms with Crippen molar-refractivity contribution in [2.75, 3.05) is 19.8 Å². The van der Waals surface area contributed by atoms with Gasteiger partial charge in [0.2, 0.25) is 5.91 Å². The summed E-state index contributed by atoms with van der Waals surface area (Å²) in [6, 6.07) is -0.346. The summed E-state index contributed by atoms with van der Waals surface area (Å²) in [5.41, 5.74) is 0. The second kappa shape index (κ2) is 6.38. The van der Waals surface area contributed by atoms with Crippen LogP contribution in [0.4, 0.5) is 0 Å². The fraction of sp³-hybridized carbons (Fsp3) is 0.714. The van der Waals surface area contributed by atoms with Crippen LogP contribution in [-0.2, 0) is 14.3 Å². The van der Waals surface area contributed by atoms with E-state index < -0.39 is 18.5 Å². The van der Waals surface area contributed by atoms with Crippen molar-refractivity contribution in [3.63, 3.8) is 0 Å². The Morgan fingerprint density at radius 1 is 1.46 bits per heavy atom. The fourth-order valence-corrected chi connectivity index (χ4v) is 0.593. The van der Waals surface area contributed by atoms with Crippen molar-refractivity contribution < 1.29 is 24.5 Å². The molecule has 0 heterocycles. The van der Waals surface area contributed by atoms with Crippen molar-refractivity contribution in [2.45, 2.75) is 13.0 Å². The molecule has 0 saturated carbocycles. The number of aliphatic hydroxyl groups is 1. The first kappa shape index (κ1) is 11.9. The third-order valence-electron chi connectivity index (χ3n) is 1.14. The molecule has 6 heteroatoms. The Bertz CT molecular complexity index is 182. The molecule has 0 aromatic carbocycles. The molecule has 6 nitrogen and oxygen atoms in total. The first-order chi connectivity index (χ1) is 6.06. The number of ether oxygens (including phenoxy) is 1. The zero-order valence-corrected chi connectivity index (χ0v) is 7.32. The van der Waals surface area contributed by atoms with Gasteiger partial charge in [0.15, 0.2) is 0 Å². The number of carbonyl (C=O) groups is 2. The van der Waals surface area contributed by atoms with Gasteiger partial charge in [-0.1, -0.05) is 0 Å². The molecule has 0 aromatic rings. The Balaban J connectivity index is 3.46. The van der Waals surface area contributed by atoms with Gasteiger partial charge in [-0.25, -0.2) is 4.79 Å². The number of hydrogen-bond donors (Lipinski definition) is 3. The van der Waals surface area contributed by atoms with Crippen LogP contribution in [0.15, 0.2) is 0 Å². The molecule has 0 aliphatic carbocycles. The largest absolute Gasteiger partial charge is 0.480 e. The van der Waals surface area contributed by atoms with Gasteiger partial charge in [-0.2, -0.15) is 0 Å². The van der Waals surface area contributed by atoms with Crippen LogP contribution in [-0.4, -0.2) is 48.0 Å².